The predicted molar refractivity (Wildman–Crippen MR) is 160 cm³/mol. The van der Waals surface area contributed by atoms with Gasteiger partial charge in [-0.2, -0.15) is 9.78 Å². The van der Waals surface area contributed by atoms with Crippen molar-refractivity contribution in [3.8, 4) is 17.3 Å². The minimum Gasteiger partial charge on any atom is -0.496 e. The van der Waals surface area contributed by atoms with E-state index in [1.165, 1.54) is 10.9 Å². The summed E-state index contributed by atoms with van der Waals surface area (Å²) in [5.74, 6) is 0.479. The maximum absolute atomic E-state index is 13.2. The highest BCUT2D eigenvalue weighted by molar-refractivity contribution is 6.40. The van der Waals surface area contributed by atoms with Crippen LogP contribution in [0.2, 0.25) is 15.1 Å². The van der Waals surface area contributed by atoms with E-state index >= 15 is 0 Å². The molecule has 5 rings (SSSR count). The van der Waals surface area contributed by atoms with E-state index in [0.29, 0.717) is 39.9 Å². The van der Waals surface area contributed by atoms with Crippen molar-refractivity contribution in [1.82, 2.24) is 40.5 Å². The molecule has 0 spiro atoms. The Morgan fingerprint density at radius 2 is 1.88 bits per heavy atom. The number of anilines is 1. The number of likely N-dealkylation sites (N-methyl/N-ethyl adjacent to an activating group) is 1. The van der Waals surface area contributed by atoms with E-state index in [1.807, 2.05) is 0 Å². The molecule has 0 radical (unpaired) electrons. The molecule has 43 heavy (non-hydrogen) atoms. The topological polar surface area (TPSA) is 162 Å². The van der Waals surface area contributed by atoms with Gasteiger partial charge in [0.15, 0.2) is 11.4 Å². The lowest BCUT2D eigenvalue weighted by Crippen LogP contribution is -2.44. The first-order valence-corrected chi connectivity index (χ1v) is 14.1. The molecule has 0 bridgehead atoms. The summed E-state index contributed by atoms with van der Waals surface area (Å²) in [6.07, 6.45) is 1.48. The van der Waals surface area contributed by atoms with Crippen LogP contribution < -0.4 is 20.6 Å². The zero-order valence-corrected chi connectivity index (χ0v) is 25.4. The highest BCUT2D eigenvalue weighted by atomic mass is 35.5. The number of carbonyl (C=O) groups is 1. The first-order valence-electron chi connectivity index (χ1n) is 12.9. The number of nitrogens with zero attached hydrogens (tertiary/aromatic N) is 8. The van der Waals surface area contributed by atoms with E-state index in [1.54, 1.807) is 37.4 Å². The van der Waals surface area contributed by atoms with Crippen LogP contribution in [0.1, 0.15) is 27.3 Å². The van der Waals surface area contributed by atoms with Crippen LogP contribution >= 0.6 is 34.8 Å². The highest BCUT2D eigenvalue weighted by Gasteiger charge is 2.26. The summed E-state index contributed by atoms with van der Waals surface area (Å²) in [5.41, 5.74) is 10.3. The quantitative estimate of drug-likeness (QED) is 0.192. The number of halogens is 3. The molecule has 2 aromatic carbocycles. The summed E-state index contributed by atoms with van der Waals surface area (Å²) >= 11 is 18.5. The molecule has 1 amide bonds. The molecule has 3 heterocycles. The Hall–Kier alpha value is -3.95. The van der Waals surface area contributed by atoms with Gasteiger partial charge in [-0.25, -0.2) is 10.1 Å². The summed E-state index contributed by atoms with van der Waals surface area (Å²) in [5, 5.41) is 20.7. The first kappa shape index (κ1) is 30.5. The van der Waals surface area contributed by atoms with Gasteiger partial charge >= 0.3 is 0 Å². The largest absolute Gasteiger partial charge is 0.496 e. The average molecular weight is 650 g/mol. The van der Waals surface area contributed by atoms with Crippen LogP contribution in [0.15, 0.2) is 40.1 Å². The van der Waals surface area contributed by atoms with Crippen LogP contribution in [0.5, 0.6) is 11.5 Å². The number of amides is 1. The Morgan fingerprint density at radius 1 is 1.14 bits per heavy atom. The van der Waals surface area contributed by atoms with E-state index in [2.05, 4.69) is 48.0 Å². The van der Waals surface area contributed by atoms with Crippen molar-refractivity contribution in [2.24, 2.45) is 5.10 Å². The number of hydrogen-bond donors (Lipinski definition) is 2. The Balaban J connectivity index is 1.31. The fourth-order valence-electron chi connectivity index (χ4n) is 4.37. The number of nitrogen functional groups attached to an aromatic ring is 1. The number of hydrazone groups is 1. The summed E-state index contributed by atoms with van der Waals surface area (Å²) in [6, 6.07) is 8.40. The molecule has 0 saturated carbocycles. The van der Waals surface area contributed by atoms with Gasteiger partial charge in [0.25, 0.3) is 5.91 Å². The number of aromatic nitrogens is 5. The van der Waals surface area contributed by atoms with E-state index in [0.717, 1.165) is 26.2 Å². The number of piperazine rings is 1. The SMILES string of the molecule is COc1ccc(C=NNC(=O)c2nnn(-c3nonc3N)c2CN2CCN(C)CC2)cc1COc1c(Cl)cc(Cl)cc1Cl. The van der Waals surface area contributed by atoms with E-state index < -0.39 is 5.91 Å². The molecule has 0 unspecified atom stereocenters. The Kier molecular flexibility index (Phi) is 9.62. The molecule has 3 N–H and O–H groups in total. The molecule has 1 aliphatic rings. The Labute approximate surface area is 261 Å². The van der Waals surface area contributed by atoms with Crippen molar-refractivity contribution < 1.29 is 18.9 Å². The van der Waals surface area contributed by atoms with Gasteiger partial charge in [0.1, 0.15) is 12.4 Å². The highest BCUT2D eigenvalue weighted by Crippen LogP contribution is 2.36. The van der Waals surface area contributed by atoms with Gasteiger partial charge in [0, 0.05) is 43.3 Å². The van der Waals surface area contributed by atoms with E-state index in [4.69, 9.17) is 54.6 Å². The third-order valence-electron chi connectivity index (χ3n) is 6.66. The molecule has 14 nitrogen and oxygen atoms in total. The Morgan fingerprint density at radius 3 is 2.56 bits per heavy atom. The van der Waals surface area contributed by atoms with Crippen LogP contribution in [0.3, 0.4) is 0 Å². The fraction of sp³-hybridized carbons (Fsp3) is 0.308. The van der Waals surface area contributed by atoms with Gasteiger partial charge in [-0.1, -0.05) is 40.0 Å². The van der Waals surface area contributed by atoms with Crippen molar-refractivity contribution in [2.45, 2.75) is 13.2 Å². The monoisotopic (exact) mass is 648 g/mol. The average Bonchev–Trinajstić information content (AvgIpc) is 3.59. The van der Waals surface area contributed by atoms with Crippen molar-refractivity contribution in [3.63, 3.8) is 0 Å². The molecular weight excluding hydrogens is 623 g/mol. The summed E-state index contributed by atoms with van der Waals surface area (Å²) in [4.78, 5) is 17.6. The molecule has 1 saturated heterocycles. The normalized spacial score (nSPS) is 14.3. The lowest BCUT2D eigenvalue weighted by atomic mass is 10.1. The third-order valence-corrected chi connectivity index (χ3v) is 7.44. The minimum absolute atomic E-state index is 0.0226. The van der Waals surface area contributed by atoms with Crippen LogP contribution in [-0.2, 0) is 13.2 Å². The summed E-state index contributed by atoms with van der Waals surface area (Å²) in [7, 11) is 3.61. The molecule has 1 aliphatic heterocycles. The zero-order valence-electron chi connectivity index (χ0n) is 23.1. The Bertz CT molecular complexity index is 1610. The number of nitrogens with one attached hydrogen (secondary N) is 1. The number of benzene rings is 2. The molecule has 4 aromatic rings. The van der Waals surface area contributed by atoms with E-state index in [-0.39, 0.29) is 34.0 Å². The second-order valence-electron chi connectivity index (χ2n) is 9.61. The fourth-order valence-corrected chi connectivity index (χ4v) is 5.30. The second kappa shape index (κ2) is 13.6. The van der Waals surface area contributed by atoms with Gasteiger partial charge in [-0.05, 0) is 53.3 Å². The van der Waals surface area contributed by atoms with Crippen LogP contribution in [0.4, 0.5) is 5.82 Å². The number of methoxy groups -OCH3 is 1. The molecule has 1 fully saturated rings. The van der Waals surface area contributed by atoms with Crippen molar-refractivity contribution in [2.75, 3.05) is 46.1 Å². The molecule has 17 heteroatoms. The van der Waals surface area contributed by atoms with Gasteiger partial charge in [0.05, 0.1) is 29.1 Å². The van der Waals surface area contributed by atoms with Crippen molar-refractivity contribution >= 4 is 52.7 Å². The summed E-state index contributed by atoms with van der Waals surface area (Å²) < 4.78 is 17.4. The standard InChI is InChI=1S/C26H27Cl3N10O4/c1-37-5-7-38(8-6-37)13-20-22(32-36-39(20)25-24(30)34-43-35-25)26(40)33-31-12-15-3-4-21(41-2)16(9-15)14-42-23-18(28)10-17(27)11-19(23)29/h3-4,9-12H,5-8,13-14H2,1-2H3,(H2,30,34)(H,33,40). The third kappa shape index (κ3) is 7.17. The molecular formula is C26H27Cl3N10O4. The van der Waals surface area contributed by atoms with Gasteiger partial charge < -0.3 is 20.1 Å². The smallest absolute Gasteiger partial charge is 0.293 e. The molecule has 2 aromatic heterocycles. The first-order chi connectivity index (χ1) is 20.7. The van der Waals surface area contributed by atoms with Crippen LogP contribution in [-0.4, -0.2) is 87.6 Å². The second-order valence-corrected chi connectivity index (χ2v) is 10.9. The van der Waals surface area contributed by atoms with Crippen molar-refractivity contribution in [3.05, 3.63) is 67.9 Å². The number of ether oxygens (including phenoxy) is 2. The summed E-state index contributed by atoms with van der Waals surface area (Å²) in [6.45, 7) is 3.84. The molecule has 0 aliphatic carbocycles. The number of nitrogens with two attached hydrogens (primary N) is 1. The lowest BCUT2D eigenvalue weighted by Gasteiger charge is -2.32. The predicted octanol–water partition coefficient (Wildman–Crippen LogP) is 3.29. The van der Waals surface area contributed by atoms with Crippen molar-refractivity contribution in [1.29, 1.82) is 0 Å². The number of rotatable bonds is 10. The van der Waals surface area contributed by atoms with Gasteiger partial charge in [-0.15, -0.1) is 5.10 Å². The number of carbonyl (C=O) groups excluding carboxylic acids is 1. The van der Waals surface area contributed by atoms with Crippen LogP contribution in [0, 0.1) is 0 Å². The molecule has 226 valence electrons. The van der Waals surface area contributed by atoms with Gasteiger partial charge in [0.2, 0.25) is 11.6 Å². The zero-order chi connectivity index (χ0) is 30.5. The lowest BCUT2D eigenvalue weighted by molar-refractivity contribution is 0.0946. The maximum atomic E-state index is 13.2. The maximum Gasteiger partial charge on any atom is 0.293 e. The minimum atomic E-state index is -0.564. The van der Waals surface area contributed by atoms with Gasteiger partial charge in [-0.3, -0.25) is 9.69 Å². The molecule has 0 atom stereocenters. The van der Waals surface area contributed by atoms with Crippen LogP contribution in [0.25, 0.3) is 5.82 Å². The number of hydrogen-bond acceptors (Lipinski definition) is 12. The van der Waals surface area contributed by atoms with E-state index in [9.17, 15) is 4.79 Å².